The van der Waals surface area contributed by atoms with Crippen molar-refractivity contribution in [2.24, 2.45) is 5.73 Å². The van der Waals surface area contributed by atoms with Crippen molar-refractivity contribution in [1.29, 1.82) is 0 Å². The highest BCUT2D eigenvalue weighted by Gasteiger charge is 2.13. The van der Waals surface area contributed by atoms with Crippen molar-refractivity contribution in [3.8, 4) is 10.7 Å². The van der Waals surface area contributed by atoms with Crippen LogP contribution in [0.3, 0.4) is 0 Å². The highest BCUT2D eigenvalue weighted by atomic mass is 32.1. The lowest BCUT2D eigenvalue weighted by Crippen LogP contribution is -1.97. The van der Waals surface area contributed by atoms with Gasteiger partial charge in [-0.05, 0) is 17.9 Å². The minimum atomic E-state index is 0.553. The van der Waals surface area contributed by atoms with E-state index in [2.05, 4.69) is 24.0 Å². The summed E-state index contributed by atoms with van der Waals surface area (Å²) in [4.78, 5) is 10.5. The average molecular weight is 283 g/mol. The first-order valence-electron chi connectivity index (χ1n) is 6.86. The summed E-state index contributed by atoms with van der Waals surface area (Å²) >= 11 is 1.67. The molecule has 1 aromatic carbocycles. The number of hydrogen-bond acceptors (Lipinski definition) is 4. The van der Waals surface area contributed by atoms with Gasteiger partial charge in [0.2, 0.25) is 0 Å². The first-order valence-corrected chi connectivity index (χ1v) is 7.68. The Balaban J connectivity index is 2.15. The van der Waals surface area contributed by atoms with E-state index in [-0.39, 0.29) is 0 Å². The van der Waals surface area contributed by atoms with Crippen LogP contribution in [0.1, 0.15) is 23.9 Å². The summed E-state index contributed by atoms with van der Waals surface area (Å²) in [6.45, 7) is 2.72. The smallest absolute Gasteiger partial charge is 0.143 e. The molecule has 3 rings (SSSR count). The molecule has 0 fully saturated rings. The summed E-state index contributed by atoms with van der Waals surface area (Å²) in [5.41, 5.74) is 7.93. The predicted octanol–water partition coefficient (Wildman–Crippen LogP) is 3.77. The van der Waals surface area contributed by atoms with Crippen molar-refractivity contribution in [2.45, 2.75) is 26.3 Å². The van der Waals surface area contributed by atoms with Gasteiger partial charge in [0.1, 0.15) is 10.7 Å². The van der Waals surface area contributed by atoms with Crippen molar-refractivity contribution < 1.29 is 0 Å². The summed E-state index contributed by atoms with van der Waals surface area (Å²) < 4.78 is 0. The van der Waals surface area contributed by atoms with Crippen LogP contribution in [-0.2, 0) is 13.0 Å². The minimum absolute atomic E-state index is 0.553. The van der Waals surface area contributed by atoms with Crippen LogP contribution in [0.25, 0.3) is 21.5 Å². The summed E-state index contributed by atoms with van der Waals surface area (Å²) in [6.07, 6.45) is 3.91. The molecule has 2 heterocycles. The number of fused-ring (bicyclic) bond motifs is 1. The lowest BCUT2D eigenvalue weighted by Gasteiger charge is -2.01. The third kappa shape index (κ3) is 2.32. The van der Waals surface area contributed by atoms with Crippen LogP contribution in [0.5, 0.6) is 0 Å². The Kier molecular flexibility index (Phi) is 3.76. The molecule has 3 aromatic rings. The molecule has 0 aliphatic heterocycles. The van der Waals surface area contributed by atoms with Crippen LogP contribution < -0.4 is 5.73 Å². The molecule has 0 radical (unpaired) electrons. The van der Waals surface area contributed by atoms with Gasteiger partial charge in [0.25, 0.3) is 0 Å². The number of aromatic nitrogens is 2. The van der Waals surface area contributed by atoms with Gasteiger partial charge in [-0.2, -0.15) is 0 Å². The number of aryl methyl sites for hydroxylation is 1. The lowest BCUT2D eigenvalue weighted by molar-refractivity contribution is 0.871. The Hall–Kier alpha value is -1.78. The molecule has 0 aliphatic carbocycles. The van der Waals surface area contributed by atoms with Crippen molar-refractivity contribution in [3.63, 3.8) is 0 Å². The van der Waals surface area contributed by atoms with E-state index in [0.29, 0.717) is 6.54 Å². The van der Waals surface area contributed by atoms with Gasteiger partial charge >= 0.3 is 0 Å². The molecule has 2 N–H and O–H groups in total. The summed E-state index contributed by atoms with van der Waals surface area (Å²) in [5.74, 6) is 0. The van der Waals surface area contributed by atoms with Crippen LogP contribution in [-0.4, -0.2) is 9.97 Å². The molecule has 0 saturated heterocycles. The third-order valence-corrected chi connectivity index (χ3v) is 4.45. The van der Waals surface area contributed by atoms with Crippen LogP contribution in [0, 0.1) is 0 Å². The van der Waals surface area contributed by atoms with E-state index < -0.39 is 0 Å². The Bertz CT molecular complexity index is 728. The summed E-state index contributed by atoms with van der Waals surface area (Å²) in [7, 11) is 0. The van der Waals surface area contributed by atoms with Crippen LogP contribution in [0.4, 0.5) is 0 Å². The van der Waals surface area contributed by atoms with E-state index in [0.717, 1.165) is 34.6 Å². The highest BCUT2D eigenvalue weighted by Crippen LogP contribution is 2.31. The Morgan fingerprint density at radius 1 is 1.20 bits per heavy atom. The van der Waals surface area contributed by atoms with Crippen LogP contribution >= 0.6 is 11.3 Å². The fourth-order valence-electron chi connectivity index (χ4n) is 2.37. The quantitative estimate of drug-likeness (QED) is 0.793. The molecule has 0 saturated carbocycles. The molecule has 3 nitrogen and oxygen atoms in total. The van der Waals surface area contributed by atoms with Gasteiger partial charge < -0.3 is 5.73 Å². The molecular formula is C16H17N3S. The number of nitrogens with two attached hydrogens (primary N) is 1. The Labute approximate surface area is 122 Å². The zero-order valence-electron chi connectivity index (χ0n) is 11.5. The number of hydrogen-bond donors (Lipinski definition) is 1. The molecule has 102 valence electrons. The summed E-state index contributed by atoms with van der Waals surface area (Å²) in [6, 6.07) is 10.3. The van der Waals surface area contributed by atoms with E-state index in [1.54, 1.807) is 11.3 Å². The van der Waals surface area contributed by atoms with Crippen molar-refractivity contribution in [3.05, 3.63) is 47.1 Å². The SMILES string of the molecule is CCCc1nc(-c2nccc3ccccc23)sc1CN. The monoisotopic (exact) mass is 283 g/mol. The van der Waals surface area contributed by atoms with E-state index in [1.165, 1.54) is 10.3 Å². The Morgan fingerprint density at radius 3 is 2.85 bits per heavy atom. The molecule has 0 aliphatic rings. The molecule has 0 amide bonds. The topological polar surface area (TPSA) is 51.8 Å². The first-order chi connectivity index (χ1) is 9.83. The molecule has 20 heavy (non-hydrogen) atoms. The fraction of sp³-hybridized carbons (Fsp3) is 0.250. The fourth-order valence-corrected chi connectivity index (χ4v) is 3.36. The van der Waals surface area contributed by atoms with Gasteiger partial charge in [0.15, 0.2) is 0 Å². The second-order valence-electron chi connectivity index (χ2n) is 4.72. The molecule has 0 unspecified atom stereocenters. The maximum Gasteiger partial charge on any atom is 0.143 e. The largest absolute Gasteiger partial charge is 0.326 e. The highest BCUT2D eigenvalue weighted by molar-refractivity contribution is 7.15. The van der Waals surface area contributed by atoms with Crippen molar-refractivity contribution in [1.82, 2.24) is 9.97 Å². The maximum atomic E-state index is 5.83. The number of benzene rings is 1. The zero-order chi connectivity index (χ0) is 13.9. The van der Waals surface area contributed by atoms with Crippen molar-refractivity contribution >= 4 is 22.1 Å². The number of nitrogens with zero attached hydrogens (tertiary/aromatic N) is 2. The average Bonchev–Trinajstić information content (AvgIpc) is 2.90. The molecule has 0 atom stereocenters. The van der Waals surface area contributed by atoms with Gasteiger partial charge in [-0.15, -0.1) is 11.3 Å². The molecular weight excluding hydrogens is 266 g/mol. The zero-order valence-corrected chi connectivity index (χ0v) is 12.3. The third-order valence-electron chi connectivity index (χ3n) is 3.33. The minimum Gasteiger partial charge on any atom is -0.326 e. The number of rotatable bonds is 4. The predicted molar refractivity (Wildman–Crippen MR) is 84.7 cm³/mol. The second kappa shape index (κ2) is 5.69. The maximum absolute atomic E-state index is 5.83. The van der Waals surface area contributed by atoms with Crippen LogP contribution in [0.15, 0.2) is 36.5 Å². The molecule has 0 spiro atoms. The van der Waals surface area contributed by atoms with Gasteiger partial charge in [0, 0.05) is 23.0 Å². The van der Waals surface area contributed by atoms with E-state index in [9.17, 15) is 0 Å². The standard InChI is InChI=1S/C16H17N3S/c1-2-5-13-14(10-17)20-16(19-13)15-12-7-4-3-6-11(12)8-9-18-15/h3-4,6-9H,2,5,10,17H2,1H3. The molecule has 2 aromatic heterocycles. The van der Waals surface area contributed by atoms with Gasteiger partial charge in [0.05, 0.1) is 5.69 Å². The van der Waals surface area contributed by atoms with Gasteiger partial charge in [-0.1, -0.05) is 37.6 Å². The number of thiazole rings is 1. The normalized spacial score (nSPS) is 11.1. The second-order valence-corrected chi connectivity index (χ2v) is 5.81. The molecule has 0 bridgehead atoms. The van der Waals surface area contributed by atoms with Crippen molar-refractivity contribution in [2.75, 3.05) is 0 Å². The van der Waals surface area contributed by atoms with Gasteiger partial charge in [-0.25, -0.2) is 4.98 Å². The van der Waals surface area contributed by atoms with E-state index in [4.69, 9.17) is 10.7 Å². The number of pyridine rings is 1. The molecule has 4 heteroatoms. The lowest BCUT2D eigenvalue weighted by atomic mass is 10.1. The first kappa shape index (κ1) is 13.2. The Morgan fingerprint density at radius 2 is 2.05 bits per heavy atom. The van der Waals surface area contributed by atoms with E-state index in [1.807, 2.05) is 24.4 Å². The summed E-state index contributed by atoms with van der Waals surface area (Å²) in [5, 5.41) is 3.32. The van der Waals surface area contributed by atoms with Gasteiger partial charge in [-0.3, -0.25) is 4.98 Å². The van der Waals surface area contributed by atoms with Crippen LogP contribution in [0.2, 0.25) is 0 Å². The van der Waals surface area contributed by atoms with E-state index >= 15 is 0 Å².